The Labute approximate surface area is 118 Å². The highest BCUT2D eigenvalue weighted by Gasteiger charge is 2.30. The second-order valence-electron chi connectivity index (χ2n) is 4.70. The monoisotopic (exact) mass is 302 g/mol. The molecule has 2 aromatic rings. The number of aliphatic hydroxyl groups excluding tert-OH is 1. The summed E-state index contributed by atoms with van der Waals surface area (Å²) in [5.74, 6) is 0.0906. The van der Waals surface area contributed by atoms with Gasteiger partial charge in [0.15, 0.2) is 0 Å². The van der Waals surface area contributed by atoms with Crippen LogP contribution in [0.4, 0.5) is 13.2 Å². The summed E-state index contributed by atoms with van der Waals surface area (Å²) in [6, 6.07) is 4.47. The van der Waals surface area contributed by atoms with Gasteiger partial charge >= 0.3 is 6.18 Å². The van der Waals surface area contributed by atoms with Crippen LogP contribution in [0.15, 0.2) is 24.3 Å². The number of hydrogen-bond donors (Lipinski definition) is 1. The molecule has 0 spiro atoms. The van der Waals surface area contributed by atoms with Gasteiger partial charge in [0.25, 0.3) is 0 Å². The maximum Gasteiger partial charge on any atom is 0.416 e. The third-order valence-corrected chi connectivity index (χ3v) is 3.68. The van der Waals surface area contributed by atoms with Crippen molar-refractivity contribution in [2.45, 2.75) is 32.0 Å². The molecule has 0 aliphatic rings. The molecule has 108 valence electrons. The third kappa shape index (κ3) is 2.99. The molecule has 0 saturated heterocycles. The van der Waals surface area contributed by atoms with Crippen molar-refractivity contribution in [1.82, 2.24) is 9.59 Å². The summed E-state index contributed by atoms with van der Waals surface area (Å²) >= 11 is 1.06. The van der Waals surface area contributed by atoms with Gasteiger partial charge in [0.05, 0.1) is 16.1 Å². The van der Waals surface area contributed by atoms with Crippen LogP contribution in [0.2, 0.25) is 0 Å². The van der Waals surface area contributed by atoms with Crippen molar-refractivity contribution in [3.63, 3.8) is 0 Å². The molecule has 1 aromatic heterocycles. The summed E-state index contributed by atoms with van der Waals surface area (Å²) in [5.41, 5.74) is 0.327. The fourth-order valence-electron chi connectivity index (χ4n) is 1.80. The van der Waals surface area contributed by atoms with Crippen molar-refractivity contribution in [2.24, 2.45) is 0 Å². The number of rotatable bonds is 3. The Balaban J connectivity index is 2.29. The average Bonchev–Trinajstić information content (AvgIpc) is 2.86. The van der Waals surface area contributed by atoms with Crippen molar-refractivity contribution < 1.29 is 18.3 Å². The molecule has 2 rings (SSSR count). The van der Waals surface area contributed by atoms with Gasteiger partial charge in [0, 0.05) is 0 Å². The van der Waals surface area contributed by atoms with Gasteiger partial charge in [-0.15, -0.1) is 5.10 Å². The molecule has 20 heavy (non-hydrogen) atoms. The first-order chi connectivity index (χ1) is 9.30. The molecular formula is C13H13F3N2OS. The highest BCUT2D eigenvalue weighted by molar-refractivity contribution is 7.05. The van der Waals surface area contributed by atoms with E-state index in [0.29, 0.717) is 16.1 Å². The number of alkyl halides is 3. The SMILES string of the molecule is CC(C)c1nnsc1C(O)c1ccc(C(F)(F)F)cc1. The fourth-order valence-corrected chi connectivity index (χ4v) is 2.62. The van der Waals surface area contributed by atoms with Crippen LogP contribution < -0.4 is 0 Å². The van der Waals surface area contributed by atoms with Crippen LogP contribution in [0.5, 0.6) is 0 Å². The minimum atomic E-state index is -4.38. The van der Waals surface area contributed by atoms with Gasteiger partial charge in [-0.3, -0.25) is 0 Å². The summed E-state index contributed by atoms with van der Waals surface area (Å²) < 4.78 is 41.2. The van der Waals surface area contributed by atoms with Crippen molar-refractivity contribution in [1.29, 1.82) is 0 Å². The van der Waals surface area contributed by atoms with Crippen LogP contribution in [-0.2, 0) is 6.18 Å². The zero-order chi connectivity index (χ0) is 14.9. The van der Waals surface area contributed by atoms with Crippen molar-refractivity contribution in [3.8, 4) is 0 Å². The third-order valence-electron chi connectivity index (χ3n) is 2.89. The Morgan fingerprint density at radius 1 is 1.15 bits per heavy atom. The molecule has 7 heteroatoms. The molecule has 1 unspecified atom stereocenters. The molecule has 0 aliphatic heterocycles. The van der Waals surface area contributed by atoms with E-state index in [1.54, 1.807) is 0 Å². The molecule has 1 atom stereocenters. The van der Waals surface area contributed by atoms with Gasteiger partial charge in [0.2, 0.25) is 0 Å². The lowest BCUT2D eigenvalue weighted by molar-refractivity contribution is -0.137. The Bertz CT molecular complexity index is 578. The van der Waals surface area contributed by atoms with E-state index in [4.69, 9.17) is 0 Å². The molecule has 0 aliphatic carbocycles. The summed E-state index contributed by atoms with van der Waals surface area (Å²) in [4.78, 5) is 0.569. The lowest BCUT2D eigenvalue weighted by atomic mass is 10.0. The molecule has 0 bridgehead atoms. The number of nitrogens with zero attached hydrogens (tertiary/aromatic N) is 2. The van der Waals surface area contributed by atoms with E-state index in [0.717, 1.165) is 23.7 Å². The van der Waals surface area contributed by atoms with Crippen LogP contribution >= 0.6 is 11.5 Å². The smallest absolute Gasteiger partial charge is 0.383 e. The van der Waals surface area contributed by atoms with Crippen molar-refractivity contribution >= 4 is 11.5 Å². The van der Waals surface area contributed by atoms with Gasteiger partial charge in [-0.25, -0.2) is 0 Å². The largest absolute Gasteiger partial charge is 0.416 e. The van der Waals surface area contributed by atoms with Crippen LogP contribution in [0.1, 0.15) is 47.6 Å². The minimum Gasteiger partial charge on any atom is -0.383 e. The highest BCUT2D eigenvalue weighted by Crippen LogP contribution is 2.33. The van der Waals surface area contributed by atoms with Gasteiger partial charge in [-0.05, 0) is 35.1 Å². The summed E-state index contributed by atoms with van der Waals surface area (Å²) in [5, 5.41) is 14.2. The van der Waals surface area contributed by atoms with Crippen LogP contribution in [0.3, 0.4) is 0 Å². The zero-order valence-corrected chi connectivity index (χ0v) is 11.7. The Kier molecular flexibility index (Phi) is 4.10. The Morgan fingerprint density at radius 3 is 2.25 bits per heavy atom. The lowest BCUT2D eigenvalue weighted by Gasteiger charge is -2.13. The first-order valence-electron chi connectivity index (χ1n) is 5.98. The number of hydrogen-bond acceptors (Lipinski definition) is 4. The van der Waals surface area contributed by atoms with E-state index in [2.05, 4.69) is 9.59 Å². The second kappa shape index (κ2) is 5.49. The van der Waals surface area contributed by atoms with E-state index >= 15 is 0 Å². The standard InChI is InChI=1S/C13H13F3N2OS/c1-7(2)10-12(20-18-17-10)11(19)8-3-5-9(6-4-8)13(14,15)16/h3-7,11,19H,1-2H3. The summed E-state index contributed by atoms with van der Waals surface area (Å²) in [7, 11) is 0. The van der Waals surface area contributed by atoms with E-state index in [1.165, 1.54) is 12.1 Å². The molecule has 3 nitrogen and oxygen atoms in total. The van der Waals surface area contributed by atoms with Gasteiger partial charge < -0.3 is 5.11 Å². The summed E-state index contributed by atoms with van der Waals surface area (Å²) in [6.45, 7) is 3.83. The second-order valence-corrected chi connectivity index (χ2v) is 5.49. The Morgan fingerprint density at radius 2 is 1.75 bits per heavy atom. The number of benzene rings is 1. The predicted octanol–water partition coefficient (Wildman–Crippen LogP) is 3.76. The molecule has 0 fully saturated rings. The normalized spacial score (nSPS) is 13.8. The zero-order valence-electron chi connectivity index (χ0n) is 10.8. The van der Waals surface area contributed by atoms with Crippen molar-refractivity contribution in [3.05, 3.63) is 46.0 Å². The van der Waals surface area contributed by atoms with E-state index in [9.17, 15) is 18.3 Å². The predicted molar refractivity (Wildman–Crippen MR) is 69.5 cm³/mol. The highest BCUT2D eigenvalue weighted by atomic mass is 32.1. The molecular weight excluding hydrogens is 289 g/mol. The molecule has 1 heterocycles. The molecule has 0 amide bonds. The van der Waals surface area contributed by atoms with E-state index in [1.807, 2.05) is 13.8 Å². The van der Waals surface area contributed by atoms with E-state index < -0.39 is 17.8 Å². The van der Waals surface area contributed by atoms with Crippen LogP contribution in [0, 0.1) is 0 Å². The first-order valence-corrected chi connectivity index (χ1v) is 6.75. The molecule has 1 N–H and O–H groups in total. The summed E-state index contributed by atoms with van der Waals surface area (Å²) in [6.07, 6.45) is -5.38. The van der Waals surface area contributed by atoms with Gasteiger partial charge in [-0.2, -0.15) is 13.2 Å². The molecule has 0 saturated carbocycles. The van der Waals surface area contributed by atoms with Crippen LogP contribution in [0.25, 0.3) is 0 Å². The van der Waals surface area contributed by atoms with Crippen molar-refractivity contribution in [2.75, 3.05) is 0 Å². The quantitative estimate of drug-likeness (QED) is 0.939. The first kappa shape index (κ1) is 14.9. The number of halogens is 3. The van der Waals surface area contributed by atoms with Crippen LogP contribution in [-0.4, -0.2) is 14.7 Å². The maximum atomic E-state index is 12.5. The van der Waals surface area contributed by atoms with E-state index in [-0.39, 0.29) is 5.92 Å². The molecule has 0 radical (unpaired) electrons. The topological polar surface area (TPSA) is 46.0 Å². The number of aromatic nitrogens is 2. The van der Waals surface area contributed by atoms with Gasteiger partial charge in [-0.1, -0.05) is 30.5 Å². The number of aliphatic hydroxyl groups is 1. The lowest BCUT2D eigenvalue weighted by Crippen LogP contribution is -2.06. The fraction of sp³-hybridized carbons (Fsp3) is 0.385. The molecule has 1 aromatic carbocycles. The maximum absolute atomic E-state index is 12.5. The Hall–Kier alpha value is -1.47. The average molecular weight is 302 g/mol. The van der Waals surface area contributed by atoms with Gasteiger partial charge in [0.1, 0.15) is 6.10 Å². The minimum absolute atomic E-state index is 0.0906.